The first-order chi connectivity index (χ1) is 9.74. The molecule has 0 heterocycles. The summed E-state index contributed by atoms with van der Waals surface area (Å²) in [6, 6.07) is 0. The zero-order valence-electron chi connectivity index (χ0n) is 13.2. The fraction of sp³-hybridized carbons (Fsp3) is 1.00. The van der Waals surface area contributed by atoms with Crippen LogP contribution in [0.3, 0.4) is 0 Å². The van der Waals surface area contributed by atoms with Gasteiger partial charge in [0, 0.05) is 6.54 Å². The molecule has 0 aliphatic heterocycles. The maximum absolute atomic E-state index is 9.99. The van der Waals surface area contributed by atoms with E-state index < -0.39 is 0 Å². The van der Waals surface area contributed by atoms with Gasteiger partial charge in [0.25, 0.3) is 0 Å². The molecule has 0 radical (unpaired) electrons. The molecule has 2 rings (SSSR count). The molecule has 3 unspecified atom stereocenters. The third kappa shape index (κ3) is 6.11. The highest BCUT2D eigenvalue weighted by Gasteiger charge is 2.20. The van der Waals surface area contributed by atoms with Crippen molar-refractivity contribution in [3.05, 3.63) is 0 Å². The largest absolute Gasteiger partial charge is 0.389 e. The Balaban J connectivity index is 1.50. The highest BCUT2D eigenvalue weighted by atomic mass is 16.5. The summed E-state index contributed by atoms with van der Waals surface area (Å²) in [5.74, 6) is 1.62. The predicted molar refractivity (Wildman–Crippen MR) is 82.8 cm³/mol. The van der Waals surface area contributed by atoms with Gasteiger partial charge in [0.2, 0.25) is 0 Å². The topological polar surface area (TPSA) is 41.5 Å². The first kappa shape index (κ1) is 16.3. The van der Waals surface area contributed by atoms with Gasteiger partial charge >= 0.3 is 0 Å². The molecule has 0 aromatic rings. The number of ether oxygens (including phenoxy) is 1. The van der Waals surface area contributed by atoms with Crippen LogP contribution in [0.15, 0.2) is 0 Å². The van der Waals surface area contributed by atoms with E-state index in [2.05, 4.69) is 12.2 Å². The first-order valence-electron chi connectivity index (χ1n) is 8.74. The minimum Gasteiger partial charge on any atom is -0.389 e. The van der Waals surface area contributed by atoms with E-state index in [0.717, 1.165) is 18.4 Å². The van der Waals surface area contributed by atoms with Crippen molar-refractivity contribution < 1.29 is 9.84 Å². The van der Waals surface area contributed by atoms with Crippen LogP contribution in [0, 0.1) is 11.8 Å². The van der Waals surface area contributed by atoms with Gasteiger partial charge in [0.1, 0.15) is 0 Å². The quantitative estimate of drug-likeness (QED) is 0.754. The van der Waals surface area contributed by atoms with Crippen LogP contribution < -0.4 is 5.32 Å². The summed E-state index contributed by atoms with van der Waals surface area (Å²) in [5.41, 5.74) is 0. The molecule has 3 atom stereocenters. The Kier molecular flexibility index (Phi) is 7.32. The maximum Gasteiger partial charge on any atom is 0.0897 e. The third-order valence-corrected chi connectivity index (χ3v) is 4.95. The fourth-order valence-corrected chi connectivity index (χ4v) is 3.68. The van der Waals surface area contributed by atoms with Crippen LogP contribution >= 0.6 is 0 Å². The lowest BCUT2D eigenvalue weighted by Gasteiger charge is -2.28. The Morgan fingerprint density at radius 1 is 1.10 bits per heavy atom. The van der Waals surface area contributed by atoms with Crippen LogP contribution in [-0.4, -0.2) is 37.0 Å². The maximum atomic E-state index is 9.99. The minimum absolute atomic E-state index is 0.351. The SMILES string of the molecule is CC1CCCC(OCC(O)CNCC2CCCCC2)C1. The molecule has 3 nitrogen and oxygen atoms in total. The van der Waals surface area contributed by atoms with E-state index in [1.807, 2.05) is 0 Å². The summed E-state index contributed by atoms with van der Waals surface area (Å²) < 4.78 is 5.87. The van der Waals surface area contributed by atoms with Crippen molar-refractivity contribution in [3.63, 3.8) is 0 Å². The van der Waals surface area contributed by atoms with Crippen LogP contribution in [0.2, 0.25) is 0 Å². The molecule has 20 heavy (non-hydrogen) atoms. The molecule has 0 aromatic carbocycles. The van der Waals surface area contributed by atoms with Crippen LogP contribution in [0.5, 0.6) is 0 Å². The van der Waals surface area contributed by atoms with Crippen molar-refractivity contribution >= 4 is 0 Å². The smallest absolute Gasteiger partial charge is 0.0897 e. The van der Waals surface area contributed by atoms with Crippen LogP contribution in [0.4, 0.5) is 0 Å². The van der Waals surface area contributed by atoms with Crippen molar-refractivity contribution in [2.75, 3.05) is 19.7 Å². The van der Waals surface area contributed by atoms with E-state index in [4.69, 9.17) is 4.74 Å². The summed E-state index contributed by atoms with van der Waals surface area (Å²) in [7, 11) is 0. The lowest BCUT2D eigenvalue weighted by Crippen LogP contribution is -2.35. The average Bonchev–Trinajstić information content (AvgIpc) is 2.46. The van der Waals surface area contributed by atoms with Crippen molar-refractivity contribution in [3.8, 4) is 0 Å². The van der Waals surface area contributed by atoms with E-state index in [9.17, 15) is 5.11 Å². The molecule has 118 valence electrons. The van der Waals surface area contributed by atoms with Gasteiger partial charge in [-0.05, 0) is 44.1 Å². The van der Waals surface area contributed by atoms with E-state index in [0.29, 0.717) is 19.3 Å². The Morgan fingerprint density at radius 3 is 2.65 bits per heavy atom. The zero-order chi connectivity index (χ0) is 14.2. The Hall–Kier alpha value is -0.120. The highest BCUT2D eigenvalue weighted by molar-refractivity contribution is 4.72. The van der Waals surface area contributed by atoms with Gasteiger partial charge in [-0.15, -0.1) is 0 Å². The Bertz CT molecular complexity index is 253. The summed E-state index contributed by atoms with van der Waals surface area (Å²) in [4.78, 5) is 0. The molecule has 2 fully saturated rings. The lowest BCUT2D eigenvalue weighted by molar-refractivity contribution is -0.0308. The highest BCUT2D eigenvalue weighted by Crippen LogP contribution is 2.25. The standard InChI is InChI=1S/C17H33NO2/c1-14-6-5-9-17(10-14)20-13-16(19)12-18-11-15-7-3-2-4-8-15/h14-19H,2-13H2,1H3. The second kappa shape index (κ2) is 9.01. The lowest BCUT2D eigenvalue weighted by atomic mass is 9.89. The summed E-state index contributed by atoms with van der Waals surface area (Å²) >= 11 is 0. The summed E-state index contributed by atoms with van der Waals surface area (Å²) in [5, 5.41) is 13.4. The van der Waals surface area contributed by atoms with Gasteiger partial charge < -0.3 is 15.2 Å². The Morgan fingerprint density at radius 2 is 1.90 bits per heavy atom. The average molecular weight is 283 g/mol. The Labute approximate surface area is 124 Å². The van der Waals surface area contributed by atoms with Crippen molar-refractivity contribution in [2.24, 2.45) is 11.8 Å². The van der Waals surface area contributed by atoms with Gasteiger partial charge in [-0.1, -0.05) is 39.0 Å². The number of rotatable bonds is 7. The molecule has 0 aromatic heterocycles. The van der Waals surface area contributed by atoms with Gasteiger partial charge in [0.15, 0.2) is 0 Å². The van der Waals surface area contributed by atoms with Crippen LogP contribution in [0.1, 0.15) is 64.7 Å². The van der Waals surface area contributed by atoms with Crippen molar-refractivity contribution in [1.82, 2.24) is 5.32 Å². The predicted octanol–water partition coefficient (Wildman–Crippen LogP) is 3.11. The monoisotopic (exact) mass is 283 g/mol. The van der Waals surface area contributed by atoms with E-state index in [1.54, 1.807) is 0 Å². The molecule has 2 aliphatic rings. The van der Waals surface area contributed by atoms with E-state index in [1.165, 1.54) is 57.8 Å². The fourth-order valence-electron chi connectivity index (χ4n) is 3.68. The van der Waals surface area contributed by atoms with Gasteiger partial charge in [-0.25, -0.2) is 0 Å². The van der Waals surface area contributed by atoms with Gasteiger partial charge in [-0.3, -0.25) is 0 Å². The molecule has 0 spiro atoms. The van der Waals surface area contributed by atoms with Crippen LogP contribution in [0.25, 0.3) is 0 Å². The third-order valence-electron chi connectivity index (χ3n) is 4.95. The van der Waals surface area contributed by atoms with Gasteiger partial charge in [-0.2, -0.15) is 0 Å². The minimum atomic E-state index is -0.351. The number of aliphatic hydroxyl groups is 1. The molecule has 0 bridgehead atoms. The van der Waals surface area contributed by atoms with Crippen molar-refractivity contribution in [1.29, 1.82) is 0 Å². The molecule has 0 amide bonds. The first-order valence-corrected chi connectivity index (χ1v) is 8.74. The second-order valence-electron chi connectivity index (χ2n) is 7.04. The number of nitrogens with one attached hydrogen (secondary N) is 1. The zero-order valence-corrected chi connectivity index (χ0v) is 13.2. The summed E-state index contributed by atoms with van der Waals surface area (Å²) in [6.45, 7) is 4.54. The van der Waals surface area contributed by atoms with E-state index in [-0.39, 0.29) is 6.10 Å². The molecule has 2 saturated carbocycles. The number of aliphatic hydroxyl groups excluding tert-OH is 1. The molecule has 2 aliphatic carbocycles. The molecule has 3 heteroatoms. The molecular formula is C17H33NO2. The molecule has 2 N–H and O–H groups in total. The normalized spacial score (nSPS) is 30.3. The number of hydrogen-bond acceptors (Lipinski definition) is 3. The molecular weight excluding hydrogens is 250 g/mol. The number of hydrogen-bond donors (Lipinski definition) is 2. The van der Waals surface area contributed by atoms with Gasteiger partial charge in [0.05, 0.1) is 18.8 Å². The van der Waals surface area contributed by atoms with E-state index >= 15 is 0 Å². The second-order valence-corrected chi connectivity index (χ2v) is 7.04. The summed E-state index contributed by atoms with van der Waals surface area (Å²) in [6.07, 6.45) is 11.9. The molecule has 0 saturated heterocycles. The van der Waals surface area contributed by atoms with Crippen molar-refractivity contribution in [2.45, 2.75) is 76.9 Å². The van der Waals surface area contributed by atoms with Crippen LogP contribution in [-0.2, 0) is 4.74 Å².